The van der Waals surface area contributed by atoms with E-state index in [1.54, 1.807) is 0 Å². The van der Waals surface area contributed by atoms with Gasteiger partial charge in [-0.3, -0.25) is 14.4 Å². The first-order chi connectivity index (χ1) is 22.2. The summed E-state index contributed by atoms with van der Waals surface area (Å²) in [6.07, 6.45) is -12.5. The summed E-state index contributed by atoms with van der Waals surface area (Å²) in [6.45, 7) is 0.839. The molecular formula is C28H51N3O17. The fourth-order valence-corrected chi connectivity index (χ4v) is 6.24. The monoisotopic (exact) mass is 701 g/mol. The van der Waals surface area contributed by atoms with Crippen LogP contribution in [-0.2, 0) is 38.1 Å². The molecule has 3 rings (SSSR count). The van der Waals surface area contributed by atoms with Crippen molar-refractivity contribution in [2.75, 3.05) is 46.2 Å². The number of carbonyl (C=O) groups is 3. The molecule has 6 unspecified atom stereocenters. The number of aliphatic hydroxyl groups excluding tert-OH is 8. The molecule has 0 bridgehead atoms. The highest BCUT2D eigenvalue weighted by Gasteiger charge is 2.48. The molecule has 20 heteroatoms. The van der Waals surface area contributed by atoms with Gasteiger partial charge in [-0.1, -0.05) is 0 Å². The molecule has 280 valence electrons. The molecule has 3 saturated heterocycles. The van der Waals surface area contributed by atoms with Crippen LogP contribution in [0.15, 0.2) is 0 Å². The van der Waals surface area contributed by atoms with Crippen LogP contribution >= 0.6 is 0 Å². The van der Waals surface area contributed by atoms with E-state index in [4.69, 9.17) is 23.7 Å². The van der Waals surface area contributed by atoms with Gasteiger partial charge in [0.05, 0.1) is 82.7 Å². The van der Waals surface area contributed by atoms with Crippen LogP contribution in [0.25, 0.3) is 0 Å². The van der Waals surface area contributed by atoms with E-state index in [1.165, 1.54) is 20.8 Å². The Morgan fingerprint density at radius 3 is 1.33 bits per heavy atom. The Balaban J connectivity index is 0.00000800. The van der Waals surface area contributed by atoms with Crippen molar-refractivity contribution in [1.29, 1.82) is 0 Å². The summed E-state index contributed by atoms with van der Waals surface area (Å²) in [5.74, 6) is -3.37. The zero-order valence-electron chi connectivity index (χ0n) is 27.0. The minimum Gasteiger partial charge on any atom is -0.412 e. The van der Waals surface area contributed by atoms with E-state index in [1.807, 2.05) is 0 Å². The van der Waals surface area contributed by atoms with Gasteiger partial charge in [0.2, 0.25) is 17.7 Å². The summed E-state index contributed by atoms with van der Waals surface area (Å²) in [5.41, 5.74) is 0. The summed E-state index contributed by atoms with van der Waals surface area (Å²) >= 11 is 0. The van der Waals surface area contributed by atoms with Gasteiger partial charge >= 0.3 is 0 Å². The van der Waals surface area contributed by atoms with Crippen LogP contribution in [0.2, 0.25) is 0 Å². The summed E-state index contributed by atoms with van der Waals surface area (Å²) in [6, 6.07) is -3.35. The number of hydrogen-bond donors (Lipinski definition) is 11. The number of ether oxygens (including phenoxy) is 5. The molecule has 3 aliphatic heterocycles. The Labute approximate surface area is 276 Å². The average Bonchev–Trinajstić information content (AvgIpc) is 3.01. The van der Waals surface area contributed by atoms with Crippen LogP contribution in [0.5, 0.6) is 0 Å². The molecule has 20 nitrogen and oxygen atoms in total. The zero-order chi connectivity index (χ0) is 35.0. The standard InChI is InChI=1S/C28H49N3O16.H2O/c1-11(35)29-21-19(9-44-8-15-17(5-33)47-28(42)23(25(15)39)31-13(3)37)45-16(4-32)14(24(21)38)7-43-10-20-22(30-12(2)36)27(41)26(40)18(6-34)46-20;/h14-28,32-34,38-42H,4-10H2,1-3H3,(H,29,35)(H,30,36)(H,31,37);1H2/t14-,15-,16?,17?,18?,19+,20+,21?,22?,23?,24+,25+,26-,27-,28-;/m1./s1. The Bertz CT molecular complexity index is 1030. The van der Waals surface area contributed by atoms with Crippen molar-refractivity contribution in [1.82, 2.24) is 16.0 Å². The second kappa shape index (κ2) is 19.3. The molecule has 0 saturated carbocycles. The SMILES string of the molecule is CC(=O)NC1[C@H](COC[C@@H]2C(CO)O[C@@H](COC[C@@H]3C(CO)O[C@@H](O)C(NC(C)=O)[C@H]3O)C(NC(C)=O)[C@H]2O)OC(CO)[C@@H](O)[C@@H]1O.O. The smallest absolute Gasteiger partial charge is 0.217 e. The normalized spacial score (nSPS) is 39.9. The van der Waals surface area contributed by atoms with Crippen LogP contribution in [0.4, 0.5) is 0 Å². The van der Waals surface area contributed by atoms with E-state index in [2.05, 4.69) is 16.0 Å². The Kier molecular flexibility index (Phi) is 16.9. The van der Waals surface area contributed by atoms with E-state index >= 15 is 0 Å². The average molecular weight is 702 g/mol. The van der Waals surface area contributed by atoms with Crippen molar-refractivity contribution in [2.45, 2.75) is 100 Å². The number of nitrogens with one attached hydrogen (secondary N) is 3. The third-order valence-corrected chi connectivity index (χ3v) is 8.62. The van der Waals surface area contributed by atoms with Gasteiger partial charge in [0.15, 0.2) is 6.29 Å². The molecule has 15 atom stereocenters. The lowest BCUT2D eigenvalue weighted by molar-refractivity contribution is -0.248. The third-order valence-electron chi connectivity index (χ3n) is 8.62. The first kappa shape index (κ1) is 42.0. The second-order valence-electron chi connectivity index (χ2n) is 12.1. The van der Waals surface area contributed by atoms with Gasteiger partial charge in [-0.05, 0) is 0 Å². The lowest BCUT2D eigenvalue weighted by atomic mass is 9.85. The number of hydrogen-bond acceptors (Lipinski definition) is 16. The van der Waals surface area contributed by atoms with Gasteiger partial charge < -0.3 is 86.0 Å². The Morgan fingerprint density at radius 1 is 0.521 bits per heavy atom. The van der Waals surface area contributed by atoms with Gasteiger partial charge in [0.1, 0.15) is 36.6 Å². The maximum atomic E-state index is 12.1. The molecule has 0 aliphatic carbocycles. The summed E-state index contributed by atoms with van der Waals surface area (Å²) < 4.78 is 28.6. The predicted octanol–water partition coefficient (Wildman–Crippen LogP) is -7.39. The molecule has 3 amide bonds. The van der Waals surface area contributed by atoms with Crippen molar-refractivity contribution in [3.63, 3.8) is 0 Å². The number of carbonyl (C=O) groups excluding carboxylic acids is 3. The fourth-order valence-electron chi connectivity index (χ4n) is 6.24. The summed E-state index contributed by atoms with van der Waals surface area (Å²) in [5, 5.41) is 90.0. The highest BCUT2D eigenvalue weighted by Crippen LogP contribution is 2.30. The topological polar surface area (TPSA) is 327 Å². The van der Waals surface area contributed by atoms with Gasteiger partial charge in [0, 0.05) is 32.6 Å². The maximum absolute atomic E-state index is 12.1. The number of rotatable bonds is 14. The third kappa shape index (κ3) is 10.4. The molecule has 3 aliphatic rings. The second-order valence-corrected chi connectivity index (χ2v) is 12.1. The van der Waals surface area contributed by atoms with Crippen LogP contribution < -0.4 is 16.0 Å². The van der Waals surface area contributed by atoms with Crippen molar-refractivity contribution >= 4 is 17.7 Å². The fraction of sp³-hybridized carbons (Fsp3) is 0.893. The van der Waals surface area contributed by atoms with E-state index < -0.39 is 129 Å². The molecule has 13 N–H and O–H groups in total. The molecule has 0 aromatic rings. The lowest BCUT2D eigenvalue weighted by Gasteiger charge is -2.46. The lowest BCUT2D eigenvalue weighted by Crippen LogP contribution is -2.65. The summed E-state index contributed by atoms with van der Waals surface area (Å²) in [4.78, 5) is 35.3. The largest absolute Gasteiger partial charge is 0.412 e. The Hall–Kier alpha value is -2.15. The molecule has 0 aromatic carbocycles. The first-order valence-electron chi connectivity index (χ1n) is 15.4. The zero-order valence-corrected chi connectivity index (χ0v) is 27.0. The quantitative estimate of drug-likeness (QED) is 0.0801. The van der Waals surface area contributed by atoms with Gasteiger partial charge in [0.25, 0.3) is 0 Å². The minimum atomic E-state index is -1.58. The van der Waals surface area contributed by atoms with Gasteiger partial charge in [-0.25, -0.2) is 0 Å². The Morgan fingerprint density at radius 2 is 0.896 bits per heavy atom. The maximum Gasteiger partial charge on any atom is 0.217 e. The van der Waals surface area contributed by atoms with Crippen LogP contribution in [0, 0.1) is 11.8 Å². The highest BCUT2D eigenvalue weighted by atomic mass is 16.6. The van der Waals surface area contributed by atoms with Crippen molar-refractivity contribution in [3.05, 3.63) is 0 Å². The van der Waals surface area contributed by atoms with Crippen LogP contribution in [0.3, 0.4) is 0 Å². The van der Waals surface area contributed by atoms with E-state index in [-0.39, 0.29) is 31.9 Å². The van der Waals surface area contributed by atoms with Crippen LogP contribution in [0.1, 0.15) is 20.8 Å². The predicted molar refractivity (Wildman–Crippen MR) is 159 cm³/mol. The van der Waals surface area contributed by atoms with Gasteiger partial charge in [-0.2, -0.15) is 0 Å². The molecular weight excluding hydrogens is 650 g/mol. The number of aliphatic hydroxyl groups is 8. The molecule has 0 spiro atoms. The van der Waals surface area contributed by atoms with Gasteiger partial charge in [-0.15, -0.1) is 0 Å². The minimum absolute atomic E-state index is 0. The first-order valence-corrected chi connectivity index (χ1v) is 15.4. The molecule has 48 heavy (non-hydrogen) atoms. The highest BCUT2D eigenvalue weighted by molar-refractivity contribution is 5.74. The molecule has 3 heterocycles. The molecule has 0 radical (unpaired) electrons. The van der Waals surface area contributed by atoms with E-state index in [0.717, 1.165) is 0 Å². The molecule has 0 aromatic heterocycles. The van der Waals surface area contributed by atoms with Crippen molar-refractivity contribution < 1.29 is 84.4 Å². The van der Waals surface area contributed by atoms with Crippen LogP contribution in [-0.4, -0.2) is 190 Å². The van der Waals surface area contributed by atoms with E-state index in [0.29, 0.717) is 0 Å². The molecule has 3 fully saturated rings. The summed E-state index contributed by atoms with van der Waals surface area (Å²) in [7, 11) is 0. The van der Waals surface area contributed by atoms with Crippen molar-refractivity contribution in [3.8, 4) is 0 Å². The number of amides is 3. The van der Waals surface area contributed by atoms with Crippen molar-refractivity contribution in [2.24, 2.45) is 11.8 Å². The van der Waals surface area contributed by atoms with E-state index in [9.17, 15) is 55.2 Å².